The lowest BCUT2D eigenvalue weighted by Gasteiger charge is -2.23. The molecule has 1 atom stereocenters. The number of ether oxygens (including phenoxy) is 2. The van der Waals surface area contributed by atoms with Crippen molar-refractivity contribution < 1.29 is 13.7 Å². The van der Waals surface area contributed by atoms with Crippen LogP contribution in [0.3, 0.4) is 0 Å². The lowest BCUT2D eigenvalue weighted by molar-refractivity contribution is 0.0867. The molecule has 0 spiro atoms. The zero-order chi connectivity index (χ0) is 27.8. The first-order valence-corrected chi connectivity index (χ1v) is 14.2. The van der Waals surface area contributed by atoms with Gasteiger partial charge in [-0.25, -0.2) is 0 Å². The predicted molar refractivity (Wildman–Crippen MR) is 156 cm³/mol. The molecule has 0 bridgehead atoms. The number of nitrogens with zero attached hydrogens (tertiary/aromatic N) is 5. The van der Waals surface area contributed by atoms with Crippen molar-refractivity contribution in [3.63, 3.8) is 0 Å². The summed E-state index contributed by atoms with van der Waals surface area (Å²) in [6.45, 7) is 12.7. The van der Waals surface area contributed by atoms with Crippen LogP contribution in [0.1, 0.15) is 32.2 Å². The van der Waals surface area contributed by atoms with Crippen LogP contribution in [0, 0.1) is 0 Å². The summed E-state index contributed by atoms with van der Waals surface area (Å²) in [4.78, 5) is 2.81. The molecular formula is C30H37N5O3S. The van der Waals surface area contributed by atoms with Crippen LogP contribution in [0.25, 0.3) is 16.9 Å². The number of likely N-dealkylation sites (N-methyl/N-ethyl adjacent to an activating group) is 1. The standard InChI is InChI=1S/C30H37N5O3S/c1-23(39(36)30(2,3)4)22-34(5)17-18-37-19-20-38-26-13-11-24(12-14-26)21-29-32-31-28-16-15-27(33-35(28)29)25-9-7-6-8-10-25/h6-16H,1,17-22H2,2-5H3. The van der Waals surface area contributed by atoms with Gasteiger partial charge in [0.1, 0.15) is 12.4 Å². The highest BCUT2D eigenvalue weighted by Crippen LogP contribution is 2.20. The fourth-order valence-corrected chi connectivity index (χ4v) is 5.21. The molecule has 4 rings (SSSR count). The molecule has 2 aromatic carbocycles. The van der Waals surface area contributed by atoms with Crippen molar-refractivity contribution in [1.82, 2.24) is 24.7 Å². The second-order valence-corrected chi connectivity index (χ2v) is 12.7. The Kier molecular flexibility index (Phi) is 9.61. The zero-order valence-electron chi connectivity index (χ0n) is 23.2. The highest BCUT2D eigenvalue weighted by molar-refractivity contribution is 7.90. The van der Waals surface area contributed by atoms with Crippen LogP contribution in [-0.2, 0) is 22.0 Å². The minimum absolute atomic E-state index is 0.293. The quantitative estimate of drug-likeness (QED) is 0.223. The van der Waals surface area contributed by atoms with Crippen LogP contribution in [0.15, 0.2) is 78.2 Å². The third-order valence-electron chi connectivity index (χ3n) is 6.06. The van der Waals surface area contributed by atoms with Gasteiger partial charge in [-0.3, -0.25) is 9.11 Å². The second kappa shape index (κ2) is 13.1. The van der Waals surface area contributed by atoms with Crippen molar-refractivity contribution >= 4 is 16.4 Å². The summed E-state index contributed by atoms with van der Waals surface area (Å²) in [6, 6.07) is 21.9. The summed E-state index contributed by atoms with van der Waals surface area (Å²) in [5, 5.41) is 13.4. The highest BCUT2D eigenvalue weighted by Gasteiger charge is 2.22. The van der Waals surface area contributed by atoms with Crippen LogP contribution < -0.4 is 4.74 Å². The Morgan fingerprint density at radius 1 is 0.974 bits per heavy atom. The molecule has 206 valence electrons. The van der Waals surface area contributed by atoms with Gasteiger partial charge in [-0.2, -0.15) is 9.61 Å². The Hall–Kier alpha value is -3.40. The molecule has 0 saturated carbocycles. The van der Waals surface area contributed by atoms with E-state index in [2.05, 4.69) is 21.7 Å². The van der Waals surface area contributed by atoms with Crippen LogP contribution >= 0.6 is 0 Å². The van der Waals surface area contributed by atoms with E-state index in [1.807, 2.05) is 94.5 Å². The zero-order valence-corrected chi connectivity index (χ0v) is 24.0. The summed E-state index contributed by atoms with van der Waals surface area (Å²) >= 11 is 0. The molecule has 0 aliphatic rings. The van der Waals surface area contributed by atoms with Crippen LogP contribution in [0.2, 0.25) is 0 Å². The summed E-state index contributed by atoms with van der Waals surface area (Å²) < 4.78 is 25.5. The molecule has 0 aliphatic carbocycles. The second-order valence-electron chi connectivity index (χ2n) is 10.4. The fraction of sp³-hybridized carbons (Fsp3) is 0.367. The van der Waals surface area contributed by atoms with Gasteiger partial charge in [0.25, 0.3) is 0 Å². The maximum absolute atomic E-state index is 12.4. The monoisotopic (exact) mass is 547 g/mol. The molecule has 0 N–H and O–H groups in total. The van der Waals surface area contributed by atoms with Gasteiger partial charge in [0.15, 0.2) is 11.5 Å². The van der Waals surface area contributed by atoms with Gasteiger partial charge in [-0.15, -0.1) is 10.2 Å². The third kappa shape index (κ3) is 8.05. The smallest absolute Gasteiger partial charge is 0.177 e. The van der Waals surface area contributed by atoms with E-state index < -0.39 is 10.8 Å². The number of benzene rings is 2. The van der Waals surface area contributed by atoms with Crippen LogP contribution in [0.4, 0.5) is 0 Å². The number of fused-ring (bicyclic) bond motifs is 1. The molecule has 4 aromatic rings. The minimum atomic E-state index is -1.07. The molecule has 0 radical (unpaired) electrons. The highest BCUT2D eigenvalue weighted by atomic mass is 32.2. The SMILES string of the molecule is C=C(CN(C)CCOCCOc1ccc(Cc2nnc3ccc(-c4ccccc4)nn23)cc1)S(=O)C(C)(C)C. The van der Waals surface area contributed by atoms with Crippen molar-refractivity contribution in [2.75, 3.05) is 40.0 Å². The average molecular weight is 548 g/mol. The van der Waals surface area contributed by atoms with E-state index in [4.69, 9.17) is 14.6 Å². The minimum Gasteiger partial charge on any atom is -0.491 e. The Labute approximate surface area is 233 Å². The molecule has 39 heavy (non-hydrogen) atoms. The normalized spacial score (nSPS) is 12.6. The average Bonchev–Trinajstić information content (AvgIpc) is 3.32. The topological polar surface area (TPSA) is 81.8 Å². The number of rotatable bonds is 13. The molecule has 2 heterocycles. The Bertz CT molecular complexity index is 1400. The molecular weight excluding hydrogens is 510 g/mol. The summed E-state index contributed by atoms with van der Waals surface area (Å²) in [5.74, 6) is 1.57. The fourth-order valence-electron chi connectivity index (χ4n) is 4.01. The van der Waals surface area contributed by atoms with E-state index in [1.54, 1.807) is 4.52 Å². The van der Waals surface area contributed by atoms with Crippen LogP contribution in [0.5, 0.6) is 5.75 Å². The van der Waals surface area contributed by atoms with Gasteiger partial charge in [0.05, 0.1) is 29.7 Å². The van der Waals surface area contributed by atoms with Crippen molar-refractivity contribution in [1.29, 1.82) is 0 Å². The van der Waals surface area contributed by atoms with Gasteiger partial charge >= 0.3 is 0 Å². The van der Waals surface area contributed by atoms with E-state index in [-0.39, 0.29) is 4.75 Å². The third-order valence-corrected chi connectivity index (χ3v) is 7.83. The van der Waals surface area contributed by atoms with Crippen molar-refractivity contribution in [3.8, 4) is 17.0 Å². The molecule has 0 aliphatic heterocycles. The first-order valence-electron chi connectivity index (χ1n) is 13.0. The van der Waals surface area contributed by atoms with Gasteiger partial charge < -0.3 is 9.47 Å². The lowest BCUT2D eigenvalue weighted by Crippen LogP contribution is -2.31. The van der Waals surface area contributed by atoms with Crippen molar-refractivity contribution in [2.45, 2.75) is 31.9 Å². The van der Waals surface area contributed by atoms with Gasteiger partial charge in [0, 0.05) is 34.7 Å². The Balaban J connectivity index is 1.20. The molecule has 8 nitrogen and oxygen atoms in total. The summed E-state index contributed by atoms with van der Waals surface area (Å²) in [5.41, 5.74) is 3.75. The predicted octanol–water partition coefficient (Wildman–Crippen LogP) is 4.77. The summed E-state index contributed by atoms with van der Waals surface area (Å²) in [7, 11) is 0.911. The first-order chi connectivity index (χ1) is 18.7. The largest absolute Gasteiger partial charge is 0.491 e. The molecule has 2 aromatic heterocycles. The van der Waals surface area contributed by atoms with E-state index in [0.717, 1.165) is 45.5 Å². The van der Waals surface area contributed by atoms with E-state index in [1.165, 1.54) is 0 Å². The maximum Gasteiger partial charge on any atom is 0.177 e. The number of hydrogen-bond acceptors (Lipinski definition) is 7. The molecule has 0 amide bonds. The van der Waals surface area contributed by atoms with Gasteiger partial charge in [-0.05, 0) is 57.6 Å². The Morgan fingerprint density at radius 3 is 2.44 bits per heavy atom. The van der Waals surface area contributed by atoms with E-state index in [9.17, 15) is 4.21 Å². The Morgan fingerprint density at radius 2 is 1.72 bits per heavy atom. The van der Waals surface area contributed by atoms with E-state index in [0.29, 0.717) is 32.8 Å². The molecule has 0 fully saturated rings. The summed E-state index contributed by atoms with van der Waals surface area (Å²) in [6.07, 6.45) is 0.610. The van der Waals surface area contributed by atoms with Crippen molar-refractivity contribution in [2.24, 2.45) is 0 Å². The van der Waals surface area contributed by atoms with Crippen LogP contribution in [-0.4, -0.2) is 73.6 Å². The number of hydrogen-bond donors (Lipinski definition) is 0. The molecule has 0 saturated heterocycles. The van der Waals surface area contributed by atoms with Gasteiger partial charge in [0.2, 0.25) is 0 Å². The lowest BCUT2D eigenvalue weighted by atomic mass is 10.1. The van der Waals surface area contributed by atoms with E-state index >= 15 is 0 Å². The first kappa shape index (κ1) is 28.6. The molecule has 1 unspecified atom stereocenters. The molecule has 9 heteroatoms. The van der Waals surface area contributed by atoms with Gasteiger partial charge in [-0.1, -0.05) is 49.0 Å². The van der Waals surface area contributed by atoms with Crippen molar-refractivity contribution in [3.05, 3.63) is 89.6 Å². The number of aromatic nitrogens is 4. The maximum atomic E-state index is 12.4.